The molecule has 2 aromatic rings. The maximum Gasteiger partial charge on any atom is 0.251 e. The molecule has 1 amide bonds. The van der Waals surface area contributed by atoms with Gasteiger partial charge in [-0.1, -0.05) is 18.2 Å². The van der Waals surface area contributed by atoms with Crippen molar-refractivity contribution in [2.45, 2.75) is 6.42 Å². The molecule has 82 valence electrons. The van der Waals surface area contributed by atoms with E-state index in [0.29, 0.717) is 12.1 Å². The third-order valence-electron chi connectivity index (χ3n) is 2.32. The van der Waals surface area contributed by atoms with E-state index >= 15 is 0 Å². The van der Waals surface area contributed by atoms with Crippen LogP contribution in [0.5, 0.6) is 0 Å². The molecule has 0 bridgehead atoms. The first kappa shape index (κ1) is 10.5. The van der Waals surface area contributed by atoms with Crippen molar-refractivity contribution in [3.05, 3.63) is 60.1 Å². The minimum Gasteiger partial charge on any atom is -0.472 e. The Morgan fingerprint density at radius 3 is 2.69 bits per heavy atom. The van der Waals surface area contributed by atoms with Crippen molar-refractivity contribution >= 4 is 5.91 Å². The van der Waals surface area contributed by atoms with Gasteiger partial charge in [-0.05, 0) is 30.2 Å². The first-order valence-corrected chi connectivity index (χ1v) is 5.20. The molecule has 0 radical (unpaired) electrons. The predicted molar refractivity (Wildman–Crippen MR) is 61.2 cm³/mol. The number of benzene rings is 1. The van der Waals surface area contributed by atoms with Gasteiger partial charge in [-0.15, -0.1) is 0 Å². The van der Waals surface area contributed by atoms with Gasteiger partial charge in [-0.2, -0.15) is 0 Å². The summed E-state index contributed by atoms with van der Waals surface area (Å²) in [7, 11) is 0. The smallest absolute Gasteiger partial charge is 0.251 e. The third kappa shape index (κ3) is 2.73. The highest BCUT2D eigenvalue weighted by Gasteiger charge is 2.03. The number of hydrogen-bond donors (Lipinski definition) is 1. The van der Waals surface area contributed by atoms with Crippen LogP contribution in [-0.2, 0) is 6.42 Å². The molecule has 1 N–H and O–H groups in total. The van der Waals surface area contributed by atoms with Crippen molar-refractivity contribution in [2.24, 2.45) is 0 Å². The van der Waals surface area contributed by atoms with Crippen LogP contribution in [0.4, 0.5) is 0 Å². The van der Waals surface area contributed by atoms with Crippen LogP contribution in [0.3, 0.4) is 0 Å². The first-order chi connectivity index (χ1) is 7.86. The topological polar surface area (TPSA) is 42.2 Å². The van der Waals surface area contributed by atoms with Crippen molar-refractivity contribution in [1.29, 1.82) is 0 Å². The highest BCUT2D eigenvalue weighted by molar-refractivity contribution is 5.94. The Morgan fingerprint density at radius 1 is 1.19 bits per heavy atom. The standard InChI is InChI=1S/C13H13NO2/c15-13(12-4-2-1-3-5-12)14-8-6-11-7-9-16-10-11/h1-5,7,9-10H,6,8H2,(H,14,15). The molecule has 3 nitrogen and oxygen atoms in total. The van der Waals surface area contributed by atoms with Crippen LogP contribution in [0.1, 0.15) is 15.9 Å². The molecule has 2 rings (SSSR count). The van der Waals surface area contributed by atoms with Crippen LogP contribution in [0.15, 0.2) is 53.3 Å². The Labute approximate surface area is 94.1 Å². The lowest BCUT2D eigenvalue weighted by Crippen LogP contribution is -2.25. The van der Waals surface area contributed by atoms with Gasteiger partial charge in [-0.3, -0.25) is 4.79 Å². The Kier molecular flexibility index (Phi) is 3.38. The second-order valence-electron chi connectivity index (χ2n) is 3.50. The van der Waals surface area contributed by atoms with E-state index in [1.807, 2.05) is 24.3 Å². The number of amides is 1. The van der Waals surface area contributed by atoms with Gasteiger partial charge < -0.3 is 9.73 Å². The van der Waals surface area contributed by atoms with E-state index in [4.69, 9.17) is 4.42 Å². The van der Waals surface area contributed by atoms with Crippen LogP contribution < -0.4 is 5.32 Å². The number of carbonyl (C=O) groups is 1. The lowest BCUT2D eigenvalue weighted by atomic mass is 10.2. The fourth-order valence-electron chi connectivity index (χ4n) is 1.45. The largest absolute Gasteiger partial charge is 0.472 e. The van der Waals surface area contributed by atoms with E-state index in [2.05, 4.69) is 5.32 Å². The summed E-state index contributed by atoms with van der Waals surface area (Å²) in [5.74, 6) is -0.0379. The van der Waals surface area contributed by atoms with Crippen molar-refractivity contribution in [3.8, 4) is 0 Å². The molecular weight excluding hydrogens is 202 g/mol. The second kappa shape index (κ2) is 5.16. The summed E-state index contributed by atoms with van der Waals surface area (Å²) in [5, 5.41) is 2.86. The van der Waals surface area contributed by atoms with Crippen molar-refractivity contribution < 1.29 is 9.21 Å². The van der Waals surface area contributed by atoms with E-state index in [1.54, 1.807) is 24.7 Å². The molecule has 0 atom stereocenters. The molecule has 16 heavy (non-hydrogen) atoms. The molecule has 0 saturated carbocycles. The number of furan rings is 1. The van der Waals surface area contributed by atoms with Crippen molar-refractivity contribution in [1.82, 2.24) is 5.32 Å². The zero-order valence-corrected chi connectivity index (χ0v) is 8.85. The van der Waals surface area contributed by atoms with Gasteiger partial charge in [0.1, 0.15) is 0 Å². The minimum absolute atomic E-state index is 0.0379. The summed E-state index contributed by atoms with van der Waals surface area (Å²) in [6.07, 6.45) is 4.11. The third-order valence-corrected chi connectivity index (χ3v) is 2.32. The maximum atomic E-state index is 11.6. The molecule has 1 aromatic carbocycles. The van der Waals surface area contributed by atoms with Crippen LogP contribution in [-0.4, -0.2) is 12.5 Å². The molecular formula is C13H13NO2. The van der Waals surface area contributed by atoms with Gasteiger partial charge in [0.25, 0.3) is 5.91 Å². The molecule has 0 spiro atoms. The van der Waals surface area contributed by atoms with E-state index < -0.39 is 0 Å². The maximum absolute atomic E-state index is 11.6. The predicted octanol–water partition coefficient (Wildman–Crippen LogP) is 2.25. The highest BCUT2D eigenvalue weighted by atomic mass is 16.3. The van der Waals surface area contributed by atoms with Crippen LogP contribution in [0, 0.1) is 0 Å². The molecule has 0 aliphatic carbocycles. The van der Waals surface area contributed by atoms with Crippen LogP contribution in [0.25, 0.3) is 0 Å². The van der Waals surface area contributed by atoms with Crippen LogP contribution in [0.2, 0.25) is 0 Å². The summed E-state index contributed by atoms with van der Waals surface area (Å²) in [4.78, 5) is 11.6. The molecule has 0 aliphatic heterocycles. The number of nitrogens with one attached hydrogen (secondary N) is 1. The molecule has 0 aliphatic rings. The molecule has 1 aromatic heterocycles. The molecule has 0 saturated heterocycles. The average molecular weight is 215 g/mol. The van der Waals surface area contributed by atoms with Crippen molar-refractivity contribution in [3.63, 3.8) is 0 Å². The van der Waals surface area contributed by atoms with Gasteiger partial charge in [-0.25, -0.2) is 0 Å². The normalized spacial score (nSPS) is 10.0. The van der Waals surface area contributed by atoms with E-state index in [-0.39, 0.29) is 5.91 Å². The van der Waals surface area contributed by atoms with Crippen LogP contribution >= 0.6 is 0 Å². The summed E-state index contributed by atoms with van der Waals surface area (Å²) in [6, 6.07) is 11.1. The first-order valence-electron chi connectivity index (χ1n) is 5.20. The number of hydrogen-bond acceptors (Lipinski definition) is 2. The SMILES string of the molecule is O=C(NCCc1ccoc1)c1ccccc1. The quantitative estimate of drug-likeness (QED) is 0.850. The zero-order chi connectivity index (χ0) is 11.2. The molecule has 3 heteroatoms. The fraction of sp³-hybridized carbons (Fsp3) is 0.154. The van der Waals surface area contributed by atoms with Gasteiger partial charge >= 0.3 is 0 Å². The number of rotatable bonds is 4. The lowest BCUT2D eigenvalue weighted by Gasteiger charge is -2.03. The number of carbonyl (C=O) groups excluding carboxylic acids is 1. The Hall–Kier alpha value is -2.03. The summed E-state index contributed by atoms with van der Waals surface area (Å²) in [6.45, 7) is 0.618. The molecule has 1 heterocycles. The highest BCUT2D eigenvalue weighted by Crippen LogP contribution is 2.01. The van der Waals surface area contributed by atoms with Gasteiger partial charge in [0.05, 0.1) is 12.5 Å². The molecule has 0 fully saturated rings. The zero-order valence-electron chi connectivity index (χ0n) is 8.85. The fourth-order valence-corrected chi connectivity index (χ4v) is 1.45. The minimum atomic E-state index is -0.0379. The molecule has 0 unspecified atom stereocenters. The Morgan fingerprint density at radius 2 is 2.00 bits per heavy atom. The summed E-state index contributed by atoms with van der Waals surface area (Å²) >= 11 is 0. The van der Waals surface area contributed by atoms with E-state index in [9.17, 15) is 4.79 Å². The lowest BCUT2D eigenvalue weighted by molar-refractivity contribution is 0.0954. The Balaban J connectivity index is 1.81. The van der Waals surface area contributed by atoms with Crippen molar-refractivity contribution in [2.75, 3.05) is 6.54 Å². The van der Waals surface area contributed by atoms with E-state index in [1.165, 1.54) is 0 Å². The Bertz CT molecular complexity index is 434. The average Bonchev–Trinajstić information content (AvgIpc) is 2.83. The summed E-state index contributed by atoms with van der Waals surface area (Å²) < 4.78 is 4.94. The second-order valence-corrected chi connectivity index (χ2v) is 3.50. The summed E-state index contributed by atoms with van der Waals surface area (Å²) in [5.41, 5.74) is 1.78. The monoisotopic (exact) mass is 215 g/mol. The van der Waals surface area contributed by atoms with Gasteiger partial charge in [0.15, 0.2) is 0 Å². The van der Waals surface area contributed by atoms with Gasteiger partial charge in [0.2, 0.25) is 0 Å². The van der Waals surface area contributed by atoms with Gasteiger partial charge in [0, 0.05) is 12.1 Å². The van der Waals surface area contributed by atoms with E-state index in [0.717, 1.165) is 12.0 Å².